The van der Waals surface area contributed by atoms with Gasteiger partial charge in [-0.2, -0.15) is 0 Å². The second-order valence-corrected chi connectivity index (χ2v) is 6.81. The van der Waals surface area contributed by atoms with Crippen LogP contribution in [0, 0.1) is 0 Å². The number of nitrogens with one attached hydrogen (secondary N) is 1. The van der Waals surface area contributed by atoms with Crippen molar-refractivity contribution in [3.63, 3.8) is 0 Å². The Morgan fingerprint density at radius 1 is 1.13 bits per heavy atom. The molecule has 0 heterocycles. The first-order valence-corrected chi connectivity index (χ1v) is 7.60. The van der Waals surface area contributed by atoms with Gasteiger partial charge in [-0.1, -0.05) is 13.8 Å². The number of hydrogen-bond acceptors (Lipinski definition) is 3. The van der Waals surface area contributed by atoms with Crippen LogP contribution in [0.25, 0.3) is 0 Å². The Morgan fingerprint density at radius 2 is 1.73 bits per heavy atom. The van der Waals surface area contributed by atoms with E-state index in [1.807, 2.05) is 20.8 Å². The molecule has 15 heavy (non-hydrogen) atoms. The standard InChI is InChI=1S/C11H25NO2S/c1-5-7-12-10(3)9-11(4)15(13,14)8-6-2/h10-12H,5-9H2,1-4H3. The molecule has 0 spiro atoms. The highest BCUT2D eigenvalue weighted by molar-refractivity contribution is 7.91. The largest absolute Gasteiger partial charge is 0.314 e. The van der Waals surface area contributed by atoms with Crippen LogP contribution in [0.5, 0.6) is 0 Å². The SMILES string of the molecule is CCCNC(C)CC(C)S(=O)(=O)CCC. The van der Waals surface area contributed by atoms with E-state index >= 15 is 0 Å². The normalized spacial score (nSPS) is 16.3. The summed E-state index contributed by atoms with van der Waals surface area (Å²) in [4.78, 5) is 0. The van der Waals surface area contributed by atoms with Crippen LogP contribution in [0.15, 0.2) is 0 Å². The van der Waals surface area contributed by atoms with E-state index in [0.29, 0.717) is 18.6 Å². The summed E-state index contributed by atoms with van der Waals surface area (Å²) in [6.45, 7) is 8.84. The van der Waals surface area contributed by atoms with Crippen molar-refractivity contribution < 1.29 is 8.42 Å². The molecule has 0 bridgehead atoms. The molecule has 0 aromatic carbocycles. The van der Waals surface area contributed by atoms with E-state index in [4.69, 9.17) is 0 Å². The van der Waals surface area contributed by atoms with Crippen molar-refractivity contribution >= 4 is 9.84 Å². The molecule has 0 radical (unpaired) electrons. The maximum absolute atomic E-state index is 11.7. The first-order valence-electron chi connectivity index (χ1n) is 5.89. The van der Waals surface area contributed by atoms with E-state index < -0.39 is 9.84 Å². The van der Waals surface area contributed by atoms with Gasteiger partial charge in [0.25, 0.3) is 0 Å². The second kappa shape index (κ2) is 7.23. The minimum Gasteiger partial charge on any atom is -0.314 e. The van der Waals surface area contributed by atoms with Crippen molar-refractivity contribution in [3.8, 4) is 0 Å². The van der Waals surface area contributed by atoms with Crippen LogP contribution in [0.3, 0.4) is 0 Å². The smallest absolute Gasteiger partial charge is 0.152 e. The quantitative estimate of drug-likeness (QED) is 0.700. The highest BCUT2D eigenvalue weighted by Gasteiger charge is 2.21. The first kappa shape index (κ1) is 14.9. The molecule has 92 valence electrons. The van der Waals surface area contributed by atoms with Crippen molar-refractivity contribution in [1.29, 1.82) is 0 Å². The van der Waals surface area contributed by atoms with Gasteiger partial charge in [0, 0.05) is 6.04 Å². The summed E-state index contributed by atoms with van der Waals surface area (Å²) >= 11 is 0. The minimum atomic E-state index is -2.87. The number of hydrogen-bond donors (Lipinski definition) is 1. The Hall–Kier alpha value is -0.0900. The van der Waals surface area contributed by atoms with Gasteiger partial charge in [0.05, 0.1) is 11.0 Å². The lowest BCUT2D eigenvalue weighted by Gasteiger charge is -2.18. The summed E-state index contributed by atoms with van der Waals surface area (Å²) in [5.41, 5.74) is 0. The third-order valence-electron chi connectivity index (χ3n) is 2.53. The number of sulfone groups is 1. The van der Waals surface area contributed by atoms with Crippen LogP contribution < -0.4 is 5.32 Å². The van der Waals surface area contributed by atoms with Crippen LogP contribution in [-0.4, -0.2) is 32.0 Å². The predicted molar refractivity (Wildman–Crippen MR) is 65.9 cm³/mol. The lowest BCUT2D eigenvalue weighted by Crippen LogP contribution is -2.33. The number of rotatable bonds is 8. The summed E-state index contributed by atoms with van der Waals surface area (Å²) in [7, 11) is -2.87. The van der Waals surface area contributed by atoms with Crippen LogP contribution >= 0.6 is 0 Å². The Balaban J connectivity index is 4.06. The molecule has 2 atom stereocenters. The molecule has 0 aromatic rings. The monoisotopic (exact) mass is 235 g/mol. The summed E-state index contributed by atoms with van der Waals surface area (Å²) in [5, 5.41) is 3.09. The van der Waals surface area contributed by atoms with Crippen LogP contribution in [0.1, 0.15) is 47.0 Å². The van der Waals surface area contributed by atoms with Crippen molar-refractivity contribution in [1.82, 2.24) is 5.32 Å². The molecule has 3 nitrogen and oxygen atoms in total. The highest BCUT2D eigenvalue weighted by atomic mass is 32.2. The maximum Gasteiger partial charge on any atom is 0.152 e. The van der Waals surface area contributed by atoms with Crippen molar-refractivity contribution in [3.05, 3.63) is 0 Å². The molecule has 0 rings (SSSR count). The zero-order valence-corrected chi connectivity index (χ0v) is 11.2. The van der Waals surface area contributed by atoms with Gasteiger partial charge in [-0.3, -0.25) is 0 Å². The van der Waals surface area contributed by atoms with Crippen LogP contribution in [-0.2, 0) is 9.84 Å². The van der Waals surface area contributed by atoms with E-state index in [2.05, 4.69) is 12.2 Å². The van der Waals surface area contributed by atoms with Crippen LogP contribution in [0.4, 0.5) is 0 Å². The molecule has 2 unspecified atom stereocenters. The van der Waals surface area contributed by atoms with Gasteiger partial charge in [-0.15, -0.1) is 0 Å². The summed E-state index contributed by atoms with van der Waals surface area (Å²) in [5.74, 6) is 0.314. The fraction of sp³-hybridized carbons (Fsp3) is 1.00. The Morgan fingerprint density at radius 3 is 2.20 bits per heavy atom. The minimum absolute atomic E-state index is 0.225. The molecule has 0 aliphatic heterocycles. The summed E-state index contributed by atoms with van der Waals surface area (Å²) < 4.78 is 23.4. The Labute approximate surface area is 94.6 Å². The van der Waals surface area contributed by atoms with Gasteiger partial charge in [0.15, 0.2) is 9.84 Å². The molecule has 0 aliphatic carbocycles. The molecule has 0 saturated carbocycles. The van der Waals surface area contributed by atoms with Crippen molar-refractivity contribution in [2.24, 2.45) is 0 Å². The lowest BCUT2D eigenvalue weighted by atomic mass is 10.2. The van der Waals surface area contributed by atoms with Crippen molar-refractivity contribution in [2.45, 2.75) is 58.2 Å². The lowest BCUT2D eigenvalue weighted by molar-refractivity contribution is 0.497. The van der Waals surface area contributed by atoms with E-state index in [-0.39, 0.29) is 11.3 Å². The van der Waals surface area contributed by atoms with Gasteiger partial charge in [-0.05, 0) is 39.7 Å². The average Bonchev–Trinajstić information content (AvgIpc) is 2.14. The molecule has 0 saturated heterocycles. The summed E-state index contributed by atoms with van der Waals surface area (Å²) in [6, 6.07) is 0.284. The Bertz CT molecular complexity index is 249. The molecule has 0 amide bonds. The molecule has 0 aliphatic rings. The van der Waals surface area contributed by atoms with E-state index in [1.165, 1.54) is 0 Å². The van der Waals surface area contributed by atoms with Gasteiger partial charge < -0.3 is 5.32 Å². The van der Waals surface area contributed by atoms with Gasteiger partial charge >= 0.3 is 0 Å². The molecule has 4 heteroatoms. The molecule has 0 aromatic heterocycles. The fourth-order valence-corrected chi connectivity index (χ4v) is 3.16. The van der Waals surface area contributed by atoms with Crippen molar-refractivity contribution in [2.75, 3.05) is 12.3 Å². The highest BCUT2D eigenvalue weighted by Crippen LogP contribution is 2.10. The van der Waals surface area contributed by atoms with Gasteiger partial charge in [0.2, 0.25) is 0 Å². The van der Waals surface area contributed by atoms with E-state index in [9.17, 15) is 8.42 Å². The second-order valence-electron chi connectivity index (χ2n) is 4.27. The third-order valence-corrected chi connectivity index (χ3v) is 4.93. The zero-order chi connectivity index (χ0) is 11.9. The average molecular weight is 235 g/mol. The topological polar surface area (TPSA) is 46.2 Å². The third kappa shape index (κ3) is 6.15. The predicted octanol–water partition coefficient (Wildman–Crippen LogP) is 1.98. The zero-order valence-electron chi connectivity index (χ0n) is 10.4. The van der Waals surface area contributed by atoms with E-state index in [1.54, 1.807) is 0 Å². The maximum atomic E-state index is 11.7. The fourth-order valence-electron chi connectivity index (χ4n) is 1.60. The Kier molecular flexibility index (Phi) is 7.18. The molecular formula is C11H25NO2S. The summed E-state index contributed by atoms with van der Waals surface area (Å²) in [6.07, 6.45) is 2.51. The molecule has 0 fully saturated rings. The van der Waals surface area contributed by atoms with Gasteiger partial charge in [0.1, 0.15) is 0 Å². The first-order chi connectivity index (χ1) is 6.94. The van der Waals surface area contributed by atoms with Crippen LogP contribution in [0.2, 0.25) is 0 Å². The van der Waals surface area contributed by atoms with Gasteiger partial charge in [-0.25, -0.2) is 8.42 Å². The molecule has 1 N–H and O–H groups in total. The van der Waals surface area contributed by atoms with E-state index in [0.717, 1.165) is 13.0 Å². The molecular weight excluding hydrogens is 210 g/mol.